The van der Waals surface area contributed by atoms with Crippen LogP contribution < -0.4 is 10.1 Å². The molecule has 0 saturated heterocycles. The van der Waals surface area contributed by atoms with Gasteiger partial charge in [0.05, 0.1) is 6.54 Å². The third-order valence-corrected chi connectivity index (χ3v) is 5.87. The first kappa shape index (κ1) is 29.1. The van der Waals surface area contributed by atoms with Crippen LogP contribution in [-0.2, 0) is 16.0 Å². The summed E-state index contributed by atoms with van der Waals surface area (Å²) in [6, 6.07) is 12.7. The first-order valence-corrected chi connectivity index (χ1v) is 12.7. The van der Waals surface area contributed by atoms with E-state index in [2.05, 4.69) is 19.2 Å². The minimum atomic E-state index is -0.986. The van der Waals surface area contributed by atoms with Crippen LogP contribution in [0, 0.1) is 11.7 Å². The number of carboxylic acids is 1. The SMILES string of the molecule is CCCC(CCC)CN(CCOc1ccc(CC(OCC)C(=O)O)cc1)C(=O)Nc1ccc(F)cc1. The number of hydrogen-bond acceptors (Lipinski definition) is 4. The van der Waals surface area contributed by atoms with Crippen LogP contribution >= 0.6 is 0 Å². The highest BCUT2D eigenvalue weighted by Crippen LogP contribution is 2.18. The van der Waals surface area contributed by atoms with Crippen molar-refractivity contribution in [2.75, 3.05) is 31.6 Å². The smallest absolute Gasteiger partial charge is 0.333 e. The number of halogens is 1. The molecule has 2 aromatic rings. The van der Waals surface area contributed by atoms with Crippen LogP contribution in [0.1, 0.15) is 52.0 Å². The summed E-state index contributed by atoms with van der Waals surface area (Å²) in [6.45, 7) is 7.70. The molecule has 0 aromatic heterocycles. The molecule has 2 aromatic carbocycles. The van der Waals surface area contributed by atoms with Crippen molar-refractivity contribution >= 4 is 17.7 Å². The van der Waals surface area contributed by atoms with Gasteiger partial charge < -0.3 is 24.8 Å². The number of carboxylic acid groups (broad SMARTS) is 1. The van der Waals surface area contributed by atoms with Gasteiger partial charge in [0.2, 0.25) is 0 Å². The Balaban J connectivity index is 1.99. The monoisotopic (exact) mass is 502 g/mol. The van der Waals surface area contributed by atoms with Gasteiger partial charge in [-0.15, -0.1) is 0 Å². The lowest BCUT2D eigenvalue weighted by molar-refractivity contribution is -0.149. The molecule has 36 heavy (non-hydrogen) atoms. The summed E-state index contributed by atoms with van der Waals surface area (Å²) < 4.78 is 24.4. The molecule has 0 heterocycles. The summed E-state index contributed by atoms with van der Waals surface area (Å²) in [5.41, 5.74) is 1.38. The number of carbonyl (C=O) groups is 2. The van der Waals surface area contributed by atoms with Gasteiger partial charge in [-0.25, -0.2) is 14.0 Å². The minimum Gasteiger partial charge on any atom is -0.492 e. The van der Waals surface area contributed by atoms with Crippen LogP contribution in [0.3, 0.4) is 0 Å². The summed E-state index contributed by atoms with van der Waals surface area (Å²) in [5, 5.41) is 12.1. The van der Waals surface area contributed by atoms with Gasteiger partial charge in [-0.2, -0.15) is 0 Å². The summed E-state index contributed by atoms with van der Waals surface area (Å²) in [4.78, 5) is 26.1. The second-order valence-corrected chi connectivity index (χ2v) is 8.81. The lowest BCUT2D eigenvalue weighted by atomic mass is 9.98. The third kappa shape index (κ3) is 10.2. The van der Waals surface area contributed by atoms with Gasteiger partial charge in [0.1, 0.15) is 18.2 Å². The molecule has 0 spiro atoms. The number of benzene rings is 2. The third-order valence-electron chi connectivity index (χ3n) is 5.87. The van der Waals surface area contributed by atoms with Crippen LogP contribution in [0.2, 0.25) is 0 Å². The number of urea groups is 1. The average molecular weight is 503 g/mol. The maximum absolute atomic E-state index is 13.2. The average Bonchev–Trinajstić information content (AvgIpc) is 2.85. The van der Waals surface area contributed by atoms with Crippen LogP contribution in [0.15, 0.2) is 48.5 Å². The highest BCUT2D eigenvalue weighted by molar-refractivity contribution is 5.89. The summed E-state index contributed by atoms with van der Waals surface area (Å²) in [5.74, 6) is -0.308. The molecule has 0 fully saturated rings. The van der Waals surface area contributed by atoms with Crippen LogP contribution in [0.4, 0.5) is 14.9 Å². The van der Waals surface area contributed by atoms with Gasteiger partial charge in [-0.3, -0.25) is 0 Å². The molecule has 8 heteroatoms. The Hall–Kier alpha value is -3.13. The van der Waals surface area contributed by atoms with Crippen molar-refractivity contribution in [1.29, 1.82) is 0 Å². The van der Waals surface area contributed by atoms with E-state index in [1.165, 1.54) is 12.1 Å². The molecule has 0 aliphatic carbocycles. The van der Waals surface area contributed by atoms with Gasteiger partial charge in [0, 0.05) is 25.3 Å². The Morgan fingerprint density at radius 3 is 2.19 bits per heavy atom. The molecule has 198 valence electrons. The van der Waals surface area contributed by atoms with Crippen LogP contribution in [0.5, 0.6) is 5.75 Å². The molecule has 1 unspecified atom stereocenters. The van der Waals surface area contributed by atoms with Crippen LogP contribution in [-0.4, -0.2) is 54.4 Å². The molecule has 0 aliphatic rings. The van der Waals surface area contributed by atoms with Crippen molar-refractivity contribution in [3.63, 3.8) is 0 Å². The number of aliphatic carboxylic acids is 1. The molecule has 0 saturated carbocycles. The van der Waals surface area contributed by atoms with Crippen molar-refractivity contribution in [3.05, 3.63) is 59.9 Å². The molecule has 0 bridgehead atoms. The fourth-order valence-corrected chi connectivity index (χ4v) is 4.09. The summed E-state index contributed by atoms with van der Waals surface area (Å²) >= 11 is 0. The maximum atomic E-state index is 13.2. The summed E-state index contributed by atoms with van der Waals surface area (Å²) in [7, 11) is 0. The Bertz CT molecular complexity index is 915. The fraction of sp³-hybridized carbons (Fsp3) is 0.500. The number of anilines is 1. The minimum absolute atomic E-state index is 0.242. The van der Waals surface area contributed by atoms with Gasteiger partial charge in [-0.1, -0.05) is 38.8 Å². The van der Waals surface area contributed by atoms with Gasteiger partial charge in [0.15, 0.2) is 6.10 Å². The number of rotatable bonds is 16. The van der Waals surface area contributed by atoms with E-state index in [1.54, 1.807) is 36.1 Å². The van der Waals surface area contributed by atoms with E-state index >= 15 is 0 Å². The number of amides is 2. The Kier molecular flexibility index (Phi) is 12.8. The predicted octanol–water partition coefficient (Wildman–Crippen LogP) is 5.99. The molecule has 0 aliphatic heterocycles. The quantitative estimate of drug-likeness (QED) is 0.294. The standard InChI is InChI=1S/C28H39FN2O5/c1-4-7-22(8-5-2)20-31(28(34)30-24-13-11-23(29)12-14-24)17-18-36-25-15-9-21(10-16-25)19-26(27(32)33)35-6-3/h9-16,22,26H,4-8,17-20H2,1-3H3,(H,30,34)(H,32,33). The van der Waals surface area contributed by atoms with Gasteiger partial charge >= 0.3 is 12.0 Å². The molecular formula is C28H39FN2O5. The molecule has 1 atom stereocenters. The number of hydrogen-bond donors (Lipinski definition) is 2. The molecule has 0 radical (unpaired) electrons. The van der Waals surface area contributed by atoms with E-state index < -0.39 is 12.1 Å². The highest BCUT2D eigenvalue weighted by atomic mass is 19.1. The molecule has 7 nitrogen and oxygen atoms in total. The zero-order chi connectivity index (χ0) is 26.3. The first-order chi connectivity index (χ1) is 17.4. The van der Waals surface area contributed by atoms with E-state index in [4.69, 9.17) is 9.47 Å². The fourth-order valence-electron chi connectivity index (χ4n) is 4.09. The largest absolute Gasteiger partial charge is 0.492 e. The van der Waals surface area contributed by atoms with Crippen molar-refractivity contribution in [2.24, 2.45) is 5.92 Å². The zero-order valence-electron chi connectivity index (χ0n) is 21.5. The van der Waals surface area contributed by atoms with E-state index in [0.717, 1.165) is 31.2 Å². The van der Waals surface area contributed by atoms with E-state index in [0.29, 0.717) is 43.7 Å². The number of nitrogens with one attached hydrogen (secondary N) is 1. The zero-order valence-corrected chi connectivity index (χ0v) is 21.5. The molecular weight excluding hydrogens is 463 g/mol. The van der Waals surface area contributed by atoms with Gasteiger partial charge in [-0.05, 0) is 67.6 Å². The van der Waals surface area contributed by atoms with Crippen LogP contribution in [0.25, 0.3) is 0 Å². The summed E-state index contributed by atoms with van der Waals surface area (Å²) in [6.07, 6.45) is 3.57. The maximum Gasteiger partial charge on any atom is 0.333 e. The molecule has 2 amide bonds. The van der Waals surface area contributed by atoms with E-state index in [1.807, 2.05) is 12.1 Å². The second-order valence-electron chi connectivity index (χ2n) is 8.81. The topological polar surface area (TPSA) is 88.1 Å². The number of carbonyl (C=O) groups excluding carboxylic acids is 1. The van der Waals surface area contributed by atoms with Crippen molar-refractivity contribution in [1.82, 2.24) is 4.90 Å². The normalized spacial score (nSPS) is 11.8. The van der Waals surface area contributed by atoms with Crippen molar-refractivity contribution in [2.45, 2.75) is 59.0 Å². The van der Waals surface area contributed by atoms with Crippen molar-refractivity contribution in [3.8, 4) is 5.75 Å². The highest BCUT2D eigenvalue weighted by Gasteiger charge is 2.20. The molecule has 2 N–H and O–H groups in total. The Labute approximate surface area is 213 Å². The predicted molar refractivity (Wildman–Crippen MR) is 139 cm³/mol. The Morgan fingerprint density at radius 2 is 1.64 bits per heavy atom. The number of ether oxygens (including phenoxy) is 2. The first-order valence-electron chi connectivity index (χ1n) is 12.7. The lowest BCUT2D eigenvalue weighted by Gasteiger charge is -2.28. The lowest BCUT2D eigenvalue weighted by Crippen LogP contribution is -2.41. The molecule has 2 rings (SSSR count). The Morgan fingerprint density at radius 1 is 1.00 bits per heavy atom. The van der Waals surface area contributed by atoms with E-state index in [9.17, 15) is 19.1 Å². The van der Waals surface area contributed by atoms with Gasteiger partial charge in [0.25, 0.3) is 0 Å². The van der Waals surface area contributed by atoms with E-state index in [-0.39, 0.29) is 18.3 Å². The second kappa shape index (κ2) is 15.8. The van der Waals surface area contributed by atoms with Crippen molar-refractivity contribution < 1.29 is 28.6 Å². The number of nitrogens with zero attached hydrogens (tertiary/aromatic N) is 1.